The lowest BCUT2D eigenvalue weighted by atomic mass is 9.84. The van der Waals surface area contributed by atoms with E-state index in [2.05, 4.69) is 29.8 Å². The normalized spacial score (nSPS) is 26.2. The Bertz CT molecular complexity index is 330. The third-order valence-electron chi connectivity index (χ3n) is 3.80. The van der Waals surface area contributed by atoms with Crippen molar-refractivity contribution in [1.82, 2.24) is 9.78 Å². The summed E-state index contributed by atoms with van der Waals surface area (Å²) in [4.78, 5) is 0. The van der Waals surface area contributed by atoms with Gasteiger partial charge in [0, 0.05) is 6.20 Å². The van der Waals surface area contributed by atoms with Crippen molar-refractivity contribution < 1.29 is 0 Å². The Morgan fingerprint density at radius 2 is 2.19 bits per heavy atom. The topological polar surface area (TPSA) is 43.8 Å². The highest BCUT2D eigenvalue weighted by Crippen LogP contribution is 2.33. The maximum Gasteiger partial charge on any atom is 0.0559 e. The van der Waals surface area contributed by atoms with Crippen molar-refractivity contribution in [2.45, 2.75) is 51.5 Å². The number of rotatable bonds is 3. The lowest BCUT2D eigenvalue weighted by Gasteiger charge is -2.30. The molecule has 1 saturated carbocycles. The van der Waals surface area contributed by atoms with Crippen molar-refractivity contribution in [2.24, 2.45) is 11.7 Å². The number of hydrogen-bond donors (Lipinski definition) is 1. The summed E-state index contributed by atoms with van der Waals surface area (Å²) >= 11 is 0. The third-order valence-corrected chi connectivity index (χ3v) is 3.80. The van der Waals surface area contributed by atoms with Gasteiger partial charge in [-0.05, 0) is 36.8 Å². The van der Waals surface area contributed by atoms with Crippen molar-refractivity contribution in [3.05, 3.63) is 18.0 Å². The molecule has 0 aromatic carbocycles. The van der Waals surface area contributed by atoms with Crippen molar-refractivity contribution in [2.75, 3.05) is 6.54 Å². The van der Waals surface area contributed by atoms with Crippen LogP contribution in [0.15, 0.2) is 12.4 Å². The van der Waals surface area contributed by atoms with Crippen LogP contribution in [0.4, 0.5) is 0 Å². The molecule has 1 aliphatic rings. The molecule has 16 heavy (non-hydrogen) atoms. The van der Waals surface area contributed by atoms with Gasteiger partial charge in [-0.1, -0.05) is 26.7 Å². The zero-order chi connectivity index (χ0) is 11.5. The van der Waals surface area contributed by atoms with E-state index in [1.165, 1.54) is 31.2 Å². The molecule has 2 unspecified atom stereocenters. The summed E-state index contributed by atoms with van der Waals surface area (Å²) in [6.07, 6.45) is 9.37. The van der Waals surface area contributed by atoms with Crippen LogP contribution in [0.2, 0.25) is 0 Å². The van der Waals surface area contributed by atoms with Gasteiger partial charge in [0.1, 0.15) is 0 Å². The lowest BCUT2D eigenvalue weighted by molar-refractivity contribution is 0.229. The lowest BCUT2D eigenvalue weighted by Crippen LogP contribution is -2.29. The summed E-state index contributed by atoms with van der Waals surface area (Å²) in [5.74, 6) is 1.18. The molecule has 3 nitrogen and oxygen atoms in total. The highest BCUT2D eigenvalue weighted by Gasteiger charge is 2.26. The minimum Gasteiger partial charge on any atom is -0.330 e. The molecule has 0 bridgehead atoms. The second-order valence-electron chi connectivity index (χ2n) is 5.26. The second kappa shape index (κ2) is 5.00. The second-order valence-corrected chi connectivity index (χ2v) is 5.26. The summed E-state index contributed by atoms with van der Waals surface area (Å²) in [6.45, 7) is 5.22. The summed E-state index contributed by atoms with van der Waals surface area (Å²) < 4.78 is 2.16. The van der Waals surface area contributed by atoms with Gasteiger partial charge in [-0.15, -0.1) is 0 Å². The van der Waals surface area contributed by atoms with E-state index in [4.69, 9.17) is 5.73 Å². The molecule has 0 aliphatic heterocycles. The molecule has 0 radical (unpaired) electrons. The van der Waals surface area contributed by atoms with Crippen LogP contribution in [0.1, 0.15) is 57.1 Å². The van der Waals surface area contributed by atoms with E-state index in [-0.39, 0.29) is 0 Å². The molecular formula is C13H23N3. The fourth-order valence-electron chi connectivity index (χ4n) is 2.64. The Kier molecular flexibility index (Phi) is 3.64. The van der Waals surface area contributed by atoms with Crippen molar-refractivity contribution in [3.8, 4) is 0 Å². The molecule has 2 atom stereocenters. The molecule has 1 aliphatic carbocycles. The van der Waals surface area contributed by atoms with Gasteiger partial charge in [-0.25, -0.2) is 0 Å². The van der Waals surface area contributed by atoms with Crippen molar-refractivity contribution in [3.63, 3.8) is 0 Å². The van der Waals surface area contributed by atoms with E-state index in [9.17, 15) is 0 Å². The summed E-state index contributed by atoms with van der Waals surface area (Å²) in [5.41, 5.74) is 7.19. The highest BCUT2D eigenvalue weighted by molar-refractivity contribution is 5.09. The third kappa shape index (κ3) is 2.29. The van der Waals surface area contributed by atoms with Gasteiger partial charge in [0.15, 0.2) is 0 Å². The van der Waals surface area contributed by atoms with Gasteiger partial charge < -0.3 is 5.73 Å². The first-order valence-corrected chi connectivity index (χ1v) is 6.46. The molecular weight excluding hydrogens is 198 g/mol. The molecule has 2 N–H and O–H groups in total. The minimum absolute atomic E-state index is 0.534. The van der Waals surface area contributed by atoms with Crippen LogP contribution < -0.4 is 5.73 Å². The molecule has 0 saturated heterocycles. The maximum atomic E-state index is 5.86. The van der Waals surface area contributed by atoms with Crippen molar-refractivity contribution in [1.29, 1.82) is 0 Å². The van der Waals surface area contributed by atoms with Crippen LogP contribution in [0.25, 0.3) is 0 Å². The van der Waals surface area contributed by atoms with Gasteiger partial charge >= 0.3 is 0 Å². The van der Waals surface area contributed by atoms with E-state index in [0.717, 1.165) is 6.54 Å². The van der Waals surface area contributed by atoms with E-state index >= 15 is 0 Å². The van der Waals surface area contributed by atoms with Crippen LogP contribution >= 0.6 is 0 Å². The van der Waals surface area contributed by atoms with Gasteiger partial charge in [0.05, 0.1) is 12.2 Å². The molecule has 0 amide bonds. The predicted octanol–water partition coefficient (Wildman–Crippen LogP) is 2.70. The van der Waals surface area contributed by atoms with Crippen LogP contribution in [0.3, 0.4) is 0 Å². The average Bonchev–Trinajstić information content (AvgIpc) is 2.78. The zero-order valence-corrected chi connectivity index (χ0v) is 10.4. The largest absolute Gasteiger partial charge is 0.330 e. The van der Waals surface area contributed by atoms with E-state index in [1.807, 2.05) is 6.20 Å². The van der Waals surface area contributed by atoms with E-state index < -0.39 is 0 Å². The maximum absolute atomic E-state index is 5.86. The van der Waals surface area contributed by atoms with E-state index in [1.54, 1.807) is 0 Å². The van der Waals surface area contributed by atoms with Gasteiger partial charge in [-0.3, -0.25) is 4.68 Å². The fraction of sp³-hybridized carbons (Fsp3) is 0.769. The van der Waals surface area contributed by atoms with Crippen LogP contribution in [-0.4, -0.2) is 16.3 Å². The number of nitrogens with two attached hydrogens (primary N) is 1. The van der Waals surface area contributed by atoms with E-state index in [0.29, 0.717) is 17.9 Å². The summed E-state index contributed by atoms with van der Waals surface area (Å²) in [5, 5.41) is 4.52. The van der Waals surface area contributed by atoms with Crippen LogP contribution in [0.5, 0.6) is 0 Å². The monoisotopic (exact) mass is 221 g/mol. The van der Waals surface area contributed by atoms with Crippen LogP contribution in [-0.2, 0) is 0 Å². The Morgan fingerprint density at radius 3 is 2.81 bits per heavy atom. The van der Waals surface area contributed by atoms with Gasteiger partial charge in [-0.2, -0.15) is 5.10 Å². The number of aromatic nitrogens is 2. The SMILES string of the molecule is CC(C)c1cnn(C2CCCCC2CN)c1. The molecule has 90 valence electrons. The summed E-state index contributed by atoms with van der Waals surface area (Å²) in [7, 11) is 0. The molecule has 1 aromatic rings. The first kappa shape index (κ1) is 11.6. The fourth-order valence-corrected chi connectivity index (χ4v) is 2.64. The van der Waals surface area contributed by atoms with Gasteiger partial charge in [0.2, 0.25) is 0 Å². The smallest absolute Gasteiger partial charge is 0.0559 e. The minimum atomic E-state index is 0.534. The highest BCUT2D eigenvalue weighted by atomic mass is 15.3. The molecule has 2 rings (SSSR count). The molecule has 1 fully saturated rings. The Labute approximate surface area is 98.0 Å². The Morgan fingerprint density at radius 1 is 1.44 bits per heavy atom. The Hall–Kier alpha value is -0.830. The van der Waals surface area contributed by atoms with Gasteiger partial charge in [0.25, 0.3) is 0 Å². The molecule has 3 heteroatoms. The number of nitrogens with zero attached hydrogens (tertiary/aromatic N) is 2. The molecule has 1 aromatic heterocycles. The predicted molar refractivity (Wildman–Crippen MR) is 66.4 cm³/mol. The average molecular weight is 221 g/mol. The number of hydrogen-bond acceptors (Lipinski definition) is 2. The molecule has 0 spiro atoms. The standard InChI is InChI=1S/C13H23N3/c1-10(2)12-8-15-16(9-12)13-6-4-3-5-11(13)7-14/h8-11,13H,3-7,14H2,1-2H3. The Balaban J connectivity index is 2.14. The molecule has 1 heterocycles. The quantitative estimate of drug-likeness (QED) is 0.853. The summed E-state index contributed by atoms with van der Waals surface area (Å²) in [6, 6.07) is 0.534. The van der Waals surface area contributed by atoms with Crippen LogP contribution in [0, 0.1) is 5.92 Å². The first-order chi connectivity index (χ1) is 7.72. The van der Waals surface area contributed by atoms with Crippen molar-refractivity contribution >= 4 is 0 Å². The first-order valence-electron chi connectivity index (χ1n) is 6.46. The zero-order valence-electron chi connectivity index (χ0n) is 10.4.